The smallest absolute Gasteiger partial charge is 0.266 e. The van der Waals surface area contributed by atoms with Gasteiger partial charge in [0.2, 0.25) is 0 Å². The summed E-state index contributed by atoms with van der Waals surface area (Å²) in [6, 6.07) is 26.5. The van der Waals surface area contributed by atoms with Crippen molar-refractivity contribution in [1.29, 1.82) is 5.26 Å². The van der Waals surface area contributed by atoms with Crippen LogP contribution in [0.15, 0.2) is 88.9 Å². The van der Waals surface area contributed by atoms with Gasteiger partial charge in [0.1, 0.15) is 24.0 Å². The maximum absolute atomic E-state index is 12.7. The molecule has 0 saturated heterocycles. The number of carbonyl (C=O) groups is 1. The number of rotatable bonds is 8. The zero-order valence-electron chi connectivity index (χ0n) is 19.4. The molecule has 36 heavy (non-hydrogen) atoms. The molecule has 0 fully saturated rings. The Kier molecular flexibility index (Phi) is 8.27. The molecule has 0 aliphatic carbocycles. The minimum absolute atomic E-state index is 0.0590. The number of fused-ring (bicyclic) bond motifs is 1. The molecule has 7 heteroatoms. The van der Waals surface area contributed by atoms with Crippen LogP contribution >= 0.6 is 27.5 Å². The van der Waals surface area contributed by atoms with Crippen LogP contribution in [0.1, 0.15) is 18.1 Å². The molecule has 4 aromatic rings. The molecule has 0 aliphatic rings. The normalized spacial score (nSPS) is 11.1. The summed E-state index contributed by atoms with van der Waals surface area (Å²) in [5, 5.41) is 14.9. The molecule has 4 rings (SSSR count). The third-order valence-corrected chi connectivity index (χ3v) is 6.24. The monoisotopic (exact) mass is 560 g/mol. The van der Waals surface area contributed by atoms with Gasteiger partial charge >= 0.3 is 0 Å². The molecular formula is C29H22BrClN2O3. The quantitative estimate of drug-likeness (QED) is 0.176. The summed E-state index contributed by atoms with van der Waals surface area (Å²) in [6.45, 7) is 2.79. The molecule has 0 unspecified atom stereocenters. The third-order valence-electron chi connectivity index (χ3n) is 5.37. The van der Waals surface area contributed by atoms with Crippen LogP contribution in [0.4, 0.5) is 5.69 Å². The number of anilines is 1. The predicted octanol–water partition coefficient (Wildman–Crippen LogP) is 7.78. The standard InChI is InChI=1S/C29H22BrClN2O3/c1-2-35-24-12-10-23(11-13-24)33-29(34)22(17-32)14-19-15-26(30)28(27(31)16-19)36-18-21-8-5-7-20-6-3-4-9-25(20)21/h3-16H,2,18H2,1H3,(H,33,34)/b22-14-. The highest BCUT2D eigenvalue weighted by atomic mass is 79.9. The summed E-state index contributed by atoms with van der Waals surface area (Å²) in [4.78, 5) is 12.7. The van der Waals surface area contributed by atoms with Gasteiger partial charge in [-0.15, -0.1) is 0 Å². The molecule has 0 saturated carbocycles. The van der Waals surface area contributed by atoms with Crippen molar-refractivity contribution in [2.75, 3.05) is 11.9 Å². The summed E-state index contributed by atoms with van der Waals surface area (Å²) in [5.74, 6) is 0.665. The van der Waals surface area contributed by atoms with Gasteiger partial charge in [-0.25, -0.2) is 0 Å². The summed E-state index contributed by atoms with van der Waals surface area (Å²) in [7, 11) is 0. The average molecular weight is 562 g/mol. The second-order valence-electron chi connectivity index (χ2n) is 7.82. The van der Waals surface area contributed by atoms with Crippen LogP contribution in [0.2, 0.25) is 5.02 Å². The first kappa shape index (κ1) is 25.3. The highest BCUT2D eigenvalue weighted by Crippen LogP contribution is 2.36. The Labute approximate surface area is 223 Å². The average Bonchev–Trinajstić information content (AvgIpc) is 2.88. The third kappa shape index (κ3) is 6.06. The number of ether oxygens (including phenoxy) is 2. The van der Waals surface area contributed by atoms with Crippen molar-refractivity contribution in [3.8, 4) is 17.6 Å². The molecule has 0 bridgehead atoms. The van der Waals surface area contributed by atoms with E-state index in [0.29, 0.717) is 45.5 Å². The minimum atomic E-state index is -0.523. The van der Waals surface area contributed by atoms with Crippen molar-refractivity contribution in [2.45, 2.75) is 13.5 Å². The zero-order valence-corrected chi connectivity index (χ0v) is 21.8. The van der Waals surface area contributed by atoms with Crippen LogP contribution in [0.5, 0.6) is 11.5 Å². The number of hydrogen-bond acceptors (Lipinski definition) is 4. The lowest BCUT2D eigenvalue weighted by atomic mass is 10.1. The lowest BCUT2D eigenvalue weighted by Gasteiger charge is -2.13. The van der Waals surface area contributed by atoms with Gasteiger partial charge in [0.15, 0.2) is 5.75 Å². The van der Waals surface area contributed by atoms with Gasteiger partial charge in [0, 0.05) is 5.69 Å². The summed E-state index contributed by atoms with van der Waals surface area (Å²) < 4.78 is 12.1. The van der Waals surface area contributed by atoms with Gasteiger partial charge in [-0.2, -0.15) is 5.26 Å². The first-order valence-corrected chi connectivity index (χ1v) is 12.4. The number of nitrogens with zero attached hydrogens (tertiary/aromatic N) is 1. The van der Waals surface area contributed by atoms with E-state index in [2.05, 4.69) is 39.4 Å². The number of amides is 1. The Bertz CT molecular complexity index is 1450. The van der Waals surface area contributed by atoms with Gasteiger partial charge in [0.25, 0.3) is 5.91 Å². The van der Waals surface area contributed by atoms with Gasteiger partial charge in [-0.3, -0.25) is 4.79 Å². The van der Waals surface area contributed by atoms with Crippen molar-refractivity contribution < 1.29 is 14.3 Å². The Balaban J connectivity index is 1.49. The maximum Gasteiger partial charge on any atom is 0.266 e. The van der Waals surface area contributed by atoms with Crippen molar-refractivity contribution in [3.05, 3.63) is 105 Å². The van der Waals surface area contributed by atoms with E-state index in [1.54, 1.807) is 36.4 Å². The Hall–Kier alpha value is -3.79. The lowest BCUT2D eigenvalue weighted by molar-refractivity contribution is -0.112. The van der Waals surface area contributed by atoms with E-state index < -0.39 is 5.91 Å². The van der Waals surface area contributed by atoms with Gasteiger partial charge in [-0.05, 0) is 87.2 Å². The van der Waals surface area contributed by atoms with Crippen LogP contribution in [0.3, 0.4) is 0 Å². The van der Waals surface area contributed by atoms with E-state index in [4.69, 9.17) is 21.1 Å². The second kappa shape index (κ2) is 11.8. The van der Waals surface area contributed by atoms with E-state index in [0.717, 1.165) is 16.3 Å². The van der Waals surface area contributed by atoms with Crippen molar-refractivity contribution in [2.24, 2.45) is 0 Å². The SMILES string of the molecule is CCOc1ccc(NC(=O)/C(C#N)=C\c2cc(Cl)c(OCc3cccc4ccccc34)c(Br)c2)cc1. The fourth-order valence-corrected chi connectivity index (χ4v) is 4.67. The maximum atomic E-state index is 12.7. The molecule has 0 atom stereocenters. The molecule has 1 amide bonds. The van der Waals surface area contributed by atoms with E-state index >= 15 is 0 Å². The van der Waals surface area contributed by atoms with Crippen LogP contribution in [0.25, 0.3) is 16.8 Å². The van der Waals surface area contributed by atoms with Crippen LogP contribution < -0.4 is 14.8 Å². The highest BCUT2D eigenvalue weighted by molar-refractivity contribution is 9.10. The van der Waals surface area contributed by atoms with Crippen molar-refractivity contribution in [3.63, 3.8) is 0 Å². The van der Waals surface area contributed by atoms with Crippen molar-refractivity contribution >= 4 is 56.0 Å². The number of hydrogen-bond donors (Lipinski definition) is 1. The number of halogens is 2. The molecule has 180 valence electrons. The molecule has 0 aliphatic heterocycles. The van der Waals surface area contributed by atoms with Crippen molar-refractivity contribution in [1.82, 2.24) is 0 Å². The number of benzene rings is 4. The Morgan fingerprint density at radius 2 is 1.81 bits per heavy atom. The minimum Gasteiger partial charge on any atom is -0.494 e. The van der Waals surface area contributed by atoms with E-state index in [-0.39, 0.29) is 5.57 Å². The zero-order chi connectivity index (χ0) is 25.5. The largest absolute Gasteiger partial charge is 0.494 e. The van der Waals surface area contributed by atoms with Gasteiger partial charge in [0.05, 0.1) is 16.1 Å². The first-order chi connectivity index (χ1) is 17.5. The first-order valence-electron chi connectivity index (χ1n) is 11.2. The summed E-state index contributed by atoms with van der Waals surface area (Å²) >= 11 is 10.0. The fourth-order valence-electron chi connectivity index (χ4n) is 3.68. The Morgan fingerprint density at radius 3 is 2.53 bits per heavy atom. The number of nitrogens with one attached hydrogen (secondary N) is 1. The molecule has 0 spiro atoms. The summed E-state index contributed by atoms with van der Waals surface area (Å²) in [5.41, 5.74) is 2.12. The van der Waals surface area contributed by atoms with E-state index in [1.807, 2.05) is 37.3 Å². The molecule has 0 aromatic heterocycles. The van der Waals surface area contributed by atoms with Gasteiger partial charge < -0.3 is 14.8 Å². The molecule has 4 aromatic carbocycles. The molecule has 0 radical (unpaired) electrons. The second-order valence-corrected chi connectivity index (χ2v) is 9.08. The topological polar surface area (TPSA) is 71.3 Å². The molecule has 5 nitrogen and oxygen atoms in total. The predicted molar refractivity (Wildman–Crippen MR) is 147 cm³/mol. The molecule has 0 heterocycles. The molecule has 1 N–H and O–H groups in total. The van der Waals surface area contributed by atoms with Gasteiger partial charge in [-0.1, -0.05) is 54.1 Å². The fraction of sp³-hybridized carbons (Fsp3) is 0.103. The molecular weight excluding hydrogens is 540 g/mol. The Morgan fingerprint density at radius 1 is 1.06 bits per heavy atom. The summed E-state index contributed by atoms with van der Waals surface area (Å²) in [6.07, 6.45) is 1.48. The van der Waals surface area contributed by atoms with E-state index in [9.17, 15) is 10.1 Å². The number of nitriles is 1. The lowest BCUT2D eigenvalue weighted by Crippen LogP contribution is -2.13. The van der Waals surface area contributed by atoms with E-state index in [1.165, 1.54) is 6.08 Å². The van der Waals surface area contributed by atoms with Crippen LogP contribution in [-0.2, 0) is 11.4 Å². The highest BCUT2D eigenvalue weighted by Gasteiger charge is 2.14. The van der Waals surface area contributed by atoms with Crippen LogP contribution in [0, 0.1) is 11.3 Å². The number of carbonyl (C=O) groups excluding carboxylic acids is 1. The van der Waals surface area contributed by atoms with Crippen LogP contribution in [-0.4, -0.2) is 12.5 Å².